The quantitative estimate of drug-likeness (QED) is 0.748. The van der Waals surface area contributed by atoms with Crippen LogP contribution in [0.15, 0.2) is 0 Å². The van der Waals surface area contributed by atoms with Gasteiger partial charge in [0.05, 0.1) is 19.2 Å². The fourth-order valence-electron chi connectivity index (χ4n) is 2.40. The molecule has 1 atom stereocenters. The summed E-state index contributed by atoms with van der Waals surface area (Å²) in [6.07, 6.45) is 1.91. The number of nitrogens with two attached hydrogens (primary N) is 1. The van der Waals surface area contributed by atoms with Crippen LogP contribution in [0.1, 0.15) is 33.6 Å². The summed E-state index contributed by atoms with van der Waals surface area (Å²) in [7, 11) is 0. The number of amides is 1. The highest BCUT2D eigenvalue weighted by molar-refractivity contribution is 5.69. The molecule has 1 spiro atoms. The Hall–Kier alpha value is -0.810. The van der Waals surface area contributed by atoms with E-state index in [1.165, 1.54) is 0 Å². The lowest BCUT2D eigenvalue weighted by atomic mass is 9.91. The van der Waals surface area contributed by atoms with Crippen LogP contribution in [0.4, 0.5) is 4.79 Å². The minimum Gasteiger partial charge on any atom is -0.444 e. The van der Waals surface area contributed by atoms with Gasteiger partial charge in [0.15, 0.2) is 0 Å². The Morgan fingerprint density at radius 2 is 2.18 bits per heavy atom. The Bertz CT molecular complexity index is 305. The Labute approximate surface area is 102 Å². The van der Waals surface area contributed by atoms with Crippen molar-refractivity contribution in [1.82, 2.24) is 4.90 Å². The molecule has 2 N–H and O–H groups in total. The molecule has 98 valence electrons. The molecular weight excluding hydrogens is 220 g/mol. The van der Waals surface area contributed by atoms with Crippen LogP contribution in [0.2, 0.25) is 0 Å². The van der Waals surface area contributed by atoms with Crippen molar-refractivity contribution in [2.45, 2.75) is 50.9 Å². The lowest BCUT2D eigenvalue weighted by Gasteiger charge is -2.47. The zero-order valence-corrected chi connectivity index (χ0v) is 10.9. The topological polar surface area (TPSA) is 64.8 Å². The normalized spacial score (nSPS) is 27.1. The van der Waals surface area contributed by atoms with Crippen molar-refractivity contribution in [3.8, 4) is 0 Å². The first-order chi connectivity index (χ1) is 7.84. The van der Waals surface area contributed by atoms with Crippen LogP contribution < -0.4 is 5.73 Å². The average molecular weight is 242 g/mol. The van der Waals surface area contributed by atoms with Crippen LogP contribution in [0, 0.1) is 0 Å². The summed E-state index contributed by atoms with van der Waals surface area (Å²) in [5, 5.41) is 0. The summed E-state index contributed by atoms with van der Waals surface area (Å²) in [4.78, 5) is 13.5. The SMILES string of the molecule is CC(C)(C)OC(=O)N1CC2(CCC(CN)O2)C1. The van der Waals surface area contributed by atoms with E-state index in [-0.39, 0.29) is 17.8 Å². The van der Waals surface area contributed by atoms with Crippen molar-refractivity contribution in [2.24, 2.45) is 5.73 Å². The van der Waals surface area contributed by atoms with Gasteiger partial charge in [-0.3, -0.25) is 0 Å². The molecule has 17 heavy (non-hydrogen) atoms. The fourth-order valence-corrected chi connectivity index (χ4v) is 2.40. The van der Waals surface area contributed by atoms with Crippen molar-refractivity contribution in [2.75, 3.05) is 19.6 Å². The van der Waals surface area contributed by atoms with Gasteiger partial charge in [0.2, 0.25) is 0 Å². The lowest BCUT2D eigenvalue weighted by molar-refractivity contribution is -0.129. The summed E-state index contributed by atoms with van der Waals surface area (Å²) in [6.45, 7) is 7.45. The largest absolute Gasteiger partial charge is 0.444 e. The van der Waals surface area contributed by atoms with Crippen molar-refractivity contribution < 1.29 is 14.3 Å². The van der Waals surface area contributed by atoms with Gasteiger partial charge in [-0.1, -0.05) is 0 Å². The van der Waals surface area contributed by atoms with E-state index in [9.17, 15) is 4.79 Å². The predicted octanol–water partition coefficient (Wildman–Crippen LogP) is 1.11. The molecule has 0 aliphatic carbocycles. The second kappa shape index (κ2) is 4.14. The summed E-state index contributed by atoms with van der Waals surface area (Å²) in [6, 6.07) is 0. The number of hydrogen-bond acceptors (Lipinski definition) is 4. The zero-order chi connectivity index (χ0) is 12.7. The molecule has 2 fully saturated rings. The van der Waals surface area contributed by atoms with Crippen molar-refractivity contribution in [3.63, 3.8) is 0 Å². The molecule has 2 rings (SSSR count). The molecule has 0 saturated carbocycles. The van der Waals surface area contributed by atoms with E-state index < -0.39 is 5.60 Å². The van der Waals surface area contributed by atoms with Crippen LogP contribution in [-0.2, 0) is 9.47 Å². The van der Waals surface area contributed by atoms with Crippen molar-refractivity contribution in [1.29, 1.82) is 0 Å². The number of carbonyl (C=O) groups is 1. The number of likely N-dealkylation sites (tertiary alicyclic amines) is 1. The molecule has 2 aliphatic heterocycles. The summed E-state index contributed by atoms with van der Waals surface area (Å²) < 4.78 is 11.2. The van der Waals surface area contributed by atoms with Crippen molar-refractivity contribution >= 4 is 6.09 Å². The second-order valence-corrected chi connectivity index (χ2v) is 6.03. The molecule has 1 amide bonds. The second-order valence-electron chi connectivity index (χ2n) is 6.03. The van der Waals surface area contributed by atoms with Crippen LogP contribution in [0.5, 0.6) is 0 Å². The van der Waals surface area contributed by atoms with Crippen LogP contribution >= 0.6 is 0 Å². The Kier molecular flexibility index (Phi) is 3.08. The molecule has 5 heteroatoms. The molecular formula is C12H22N2O3. The van der Waals surface area contributed by atoms with Gasteiger partial charge >= 0.3 is 6.09 Å². The first-order valence-electron chi connectivity index (χ1n) is 6.19. The highest BCUT2D eigenvalue weighted by atomic mass is 16.6. The maximum atomic E-state index is 11.8. The van der Waals surface area contributed by atoms with Crippen LogP contribution in [-0.4, -0.2) is 47.9 Å². The Morgan fingerprint density at radius 1 is 1.53 bits per heavy atom. The van der Waals surface area contributed by atoms with Gasteiger partial charge in [-0.2, -0.15) is 0 Å². The third-order valence-electron chi connectivity index (χ3n) is 3.21. The summed E-state index contributed by atoms with van der Waals surface area (Å²) in [5.41, 5.74) is 5.01. The Morgan fingerprint density at radius 3 is 2.65 bits per heavy atom. The Balaban J connectivity index is 1.81. The maximum absolute atomic E-state index is 11.8. The molecule has 0 bridgehead atoms. The summed E-state index contributed by atoms with van der Waals surface area (Å²) >= 11 is 0. The maximum Gasteiger partial charge on any atom is 0.410 e. The third kappa shape index (κ3) is 2.72. The highest BCUT2D eigenvalue weighted by Crippen LogP contribution is 2.38. The average Bonchev–Trinajstić information content (AvgIpc) is 2.56. The van der Waals surface area contributed by atoms with E-state index in [1.54, 1.807) is 4.90 Å². The van der Waals surface area contributed by atoms with Gasteiger partial charge in [-0.25, -0.2) is 4.79 Å². The monoisotopic (exact) mass is 242 g/mol. The summed E-state index contributed by atoms with van der Waals surface area (Å²) in [5.74, 6) is 0. The molecule has 0 aromatic carbocycles. The predicted molar refractivity (Wildman–Crippen MR) is 63.7 cm³/mol. The van der Waals surface area contributed by atoms with Crippen molar-refractivity contribution in [3.05, 3.63) is 0 Å². The van der Waals surface area contributed by atoms with E-state index >= 15 is 0 Å². The fraction of sp³-hybridized carbons (Fsp3) is 0.917. The molecule has 2 heterocycles. The molecule has 0 aromatic rings. The van der Waals surface area contributed by atoms with Gasteiger partial charge in [-0.05, 0) is 33.6 Å². The van der Waals surface area contributed by atoms with Gasteiger partial charge in [-0.15, -0.1) is 0 Å². The first kappa shape index (κ1) is 12.6. The number of carbonyl (C=O) groups excluding carboxylic acids is 1. The number of nitrogens with zero attached hydrogens (tertiary/aromatic N) is 1. The third-order valence-corrected chi connectivity index (χ3v) is 3.21. The molecule has 1 unspecified atom stereocenters. The van der Waals surface area contributed by atoms with E-state index in [0.717, 1.165) is 12.8 Å². The number of ether oxygens (including phenoxy) is 2. The zero-order valence-electron chi connectivity index (χ0n) is 10.9. The van der Waals surface area contributed by atoms with Gasteiger partial charge in [0.1, 0.15) is 11.2 Å². The number of rotatable bonds is 1. The van der Waals surface area contributed by atoms with E-state index in [2.05, 4.69) is 0 Å². The molecule has 2 aliphatic rings. The molecule has 0 aromatic heterocycles. The minimum absolute atomic E-state index is 0.138. The van der Waals surface area contributed by atoms with E-state index in [4.69, 9.17) is 15.2 Å². The van der Waals surface area contributed by atoms with Gasteiger partial charge in [0, 0.05) is 6.54 Å². The molecule has 2 saturated heterocycles. The first-order valence-corrected chi connectivity index (χ1v) is 6.19. The minimum atomic E-state index is -0.434. The smallest absolute Gasteiger partial charge is 0.410 e. The van der Waals surface area contributed by atoms with Gasteiger partial charge in [0.25, 0.3) is 0 Å². The molecule has 0 radical (unpaired) electrons. The van der Waals surface area contributed by atoms with Crippen LogP contribution in [0.3, 0.4) is 0 Å². The number of hydrogen-bond donors (Lipinski definition) is 1. The van der Waals surface area contributed by atoms with E-state index in [0.29, 0.717) is 19.6 Å². The lowest BCUT2D eigenvalue weighted by Crippen LogP contribution is -2.64. The standard InChI is InChI=1S/C12H22N2O3/c1-11(2,3)17-10(15)14-7-12(8-14)5-4-9(6-13)16-12/h9H,4-8,13H2,1-3H3. The van der Waals surface area contributed by atoms with Crippen LogP contribution in [0.25, 0.3) is 0 Å². The van der Waals surface area contributed by atoms with Gasteiger partial charge < -0.3 is 20.1 Å². The highest BCUT2D eigenvalue weighted by Gasteiger charge is 2.51. The van der Waals surface area contributed by atoms with E-state index in [1.807, 2.05) is 20.8 Å². The molecule has 5 nitrogen and oxygen atoms in total.